The highest BCUT2D eigenvalue weighted by Gasteiger charge is 2.45. The summed E-state index contributed by atoms with van der Waals surface area (Å²) in [6.45, 7) is 2.68. The van der Waals surface area contributed by atoms with E-state index in [4.69, 9.17) is 5.73 Å². The van der Waals surface area contributed by atoms with Gasteiger partial charge in [0.25, 0.3) is 0 Å². The first kappa shape index (κ1) is 13.8. The lowest BCUT2D eigenvalue weighted by Crippen LogP contribution is -2.45. The molecule has 2 aromatic rings. The summed E-state index contributed by atoms with van der Waals surface area (Å²) in [5.41, 5.74) is 7.50. The second-order valence-electron chi connectivity index (χ2n) is 5.55. The van der Waals surface area contributed by atoms with Gasteiger partial charge in [0.1, 0.15) is 0 Å². The van der Waals surface area contributed by atoms with Crippen LogP contribution in [0.2, 0.25) is 0 Å². The van der Waals surface area contributed by atoms with Gasteiger partial charge in [-0.25, -0.2) is 0 Å². The second-order valence-corrected chi connectivity index (χ2v) is 6.50. The van der Waals surface area contributed by atoms with E-state index in [1.54, 1.807) is 11.3 Å². The van der Waals surface area contributed by atoms with E-state index in [1.165, 1.54) is 10.4 Å². The molecule has 2 unspecified atom stereocenters. The van der Waals surface area contributed by atoms with Gasteiger partial charge in [-0.1, -0.05) is 36.4 Å². The molecule has 1 aliphatic rings. The third-order valence-corrected chi connectivity index (χ3v) is 5.20. The molecule has 1 saturated heterocycles. The Labute approximate surface area is 123 Å². The molecule has 0 amide bonds. The Hall–Kier alpha value is -1.20. The molecular weight excluding hydrogens is 268 g/mol. The number of likely N-dealkylation sites (tertiary alicyclic amines) is 1. The number of hydrogen-bond acceptors (Lipinski definition) is 4. The summed E-state index contributed by atoms with van der Waals surface area (Å²) in [5.74, 6) is 0.102. The van der Waals surface area contributed by atoms with Crippen molar-refractivity contribution in [2.45, 2.75) is 12.1 Å². The first-order valence-corrected chi connectivity index (χ1v) is 7.80. The maximum Gasteiger partial charge on any atom is 0.0695 e. The molecule has 3 nitrogen and oxygen atoms in total. The van der Waals surface area contributed by atoms with E-state index >= 15 is 0 Å². The van der Waals surface area contributed by atoms with Crippen LogP contribution in [0.4, 0.5) is 0 Å². The van der Waals surface area contributed by atoms with Gasteiger partial charge in [-0.15, -0.1) is 11.3 Å². The van der Waals surface area contributed by atoms with E-state index in [0.717, 1.165) is 19.6 Å². The largest absolute Gasteiger partial charge is 0.396 e. The lowest BCUT2D eigenvalue weighted by molar-refractivity contribution is 0.186. The molecule has 4 heteroatoms. The predicted molar refractivity (Wildman–Crippen MR) is 82.5 cm³/mol. The van der Waals surface area contributed by atoms with E-state index in [9.17, 15) is 5.11 Å². The van der Waals surface area contributed by atoms with E-state index in [-0.39, 0.29) is 12.5 Å². The summed E-state index contributed by atoms with van der Waals surface area (Å²) in [7, 11) is 0. The SMILES string of the molecule is NC1(c2cccs2)CN(Cc2ccccc2)CC1CO. The van der Waals surface area contributed by atoms with E-state index in [0.29, 0.717) is 0 Å². The molecule has 2 heterocycles. The number of hydrogen-bond donors (Lipinski definition) is 2. The smallest absolute Gasteiger partial charge is 0.0695 e. The van der Waals surface area contributed by atoms with E-state index < -0.39 is 5.54 Å². The van der Waals surface area contributed by atoms with Crippen LogP contribution in [0.25, 0.3) is 0 Å². The number of thiophene rings is 1. The Morgan fingerprint density at radius 1 is 1.25 bits per heavy atom. The molecule has 2 atom stereocenters. The molecule has 0 spiro atoms. The molecule has 1 aromatic carbocycles. The van der Waals surface area contributed by atoms with Crippen LogP contribution in [0.3, 0.4) is 0 Å². The monoisotopic (exact) mass is 288 g/mol. The summed E-state index contributed by atoms with van der Waals surface area (Å²) < 4.78 is 0. The lowest BCUT2D eigenvalue weighted by Gasteiger charge is -2.28. The van der Waals surface area contributed by atoms with Crippen LogP contribution in [-0.2, 0) is 12.1 Å². The number of aliphatic hydroxyl groups excluding tert-OH is 1. The van der Waals surface area contributed by atoms with Crippen LogP contribution >= 0.6 is 11.3 Å². The topological polar surface area (TPSA) is 49.5 Å². The van der Waals surface area contributed by atoms with Gasteiger partial charge in [-0.05, 0) is 17.0 Å². The van der Waals surface area contributed by atoms with Crippen molar-refractivity contribution in [3.05, 3.63) is 58.3 Å². The molecule has 0 saturated carbocycles. The lowest BCUT2D eigenvalue weighted by atomic mass is 9.87. The Bertz CT molecular complexity index is 543. The molecule has 1 aromatic heterocycles. The minimum Gasteiger partial charge on any atom is -0.396 e. The number of rotatable bonds is 4. The average Bonchev–Trinajstić information content (AvgIpc) is 3.08. The minimum absolute atomic E-state index is 0.102. The summed E-state index contributed by atoms with van der Waals surface area (Å²) >= 11 is 1.68. The third kappa shape index (κ3) is 2.52. The maximum absolute atomic E-state index is 9.68. The first-order valence-electron chi connectivity index (χ1n) is 6.92. The van der Waals surface area contributed by atoms with Crippen molar-refractivity contribution in [3.8, 4) is 0 Å². The van der Waals surface area contributed by atoms with Crippen molar-refractivity contribution < 1.29 is 5.11 Å². The molecule has 106 valence electrons. The molecule has 0 aliphatic carbocycles. The highest BCUT2D eigenvalue weighted by Crippen LogP contribution is 2.37. The maximum atomic E-state index is 9.68. The van der Waals surface area contributed by atoms with Crippen LogP contribution in [0, 0.1) is 5.92 Å². The normalized spacial score (nSPS) is 27.0. The number of benzene rings is 1. The van der Waals surface area contributed by atoms with Gasteiger partial charge in [0, 0.05) is 37.0 Å². The van der Waals surface area contributed by atoms with Crippen LogP contribution in [0.1, 0.15) is 10.4 Å². The Kier molecular flexibility index (Phi) is 3.89. The van der Waals surface area contributed by atoms with Crippen molar-refractivity contribution in [2.75, 3.05) is 19.7 Å². The Morgan fingerprint density at radius 2 is 2.05 bits per heavy atom. The van der Waals surface area contributed by atoms with Crippen molar-refractivity contribution >= 4 is 11.3 Å². The van der Waals surface area contributed by atoms with Crippen LogP contribution < -0.4 is 5.73 Å². The first-order chi connectivity index (χ1) is 9.72. The average molecular weight is 288 g/mol. The Morgan fingerprint density at radius 3 is 2.70 bits per heavy atom. The van der Waals surface area contributed by atoms with Gasteiger partial charge in [0.05, 0.1) is 5.54 Å². The molecule has 0 radical (unpaired) electrons. The van der Waals surface area contributed by atoms with Crippen molar-refractivity contribution in [2.24, 2.45) is 11.7 Å². The standard InChI is InChI=1S/C16H20N2OS/c17-16(15-7-4-8-20-15)12-18(10-14(16)11-19)9-13-5-2-1-3-6-13/h1-8,14,19H,9-12,17H2. The zero-order chi connectivity index (χ0) is 14.0. The second kappa shape index (κ2) is 5.66. The molecule has 1 aliphatic heterocycles. The number of aliphatic hydroxyl groups is 1. The minimum atomic E-state index is -0.419. The summed E-state index contributed by atoms with van der Waals surface area (Å²) in [6.07, 6.45) is 0. The van der Waals surface area contributed by atoms with Crippen molar-refractivity contribution in [1.29, 1.82) is 0 Å². The van der Waals surface area contributed by atoms with Crippen LogP contribution in [0.5, 0.6) is 0 Å². The van der Waals surface area contributed by atoms with Gasteiger partial charge < -0.3 is 10.8 Å². The molecular formula is C16H20N2OS. The fraction of sp³-hybridized carbons (Fsp3) is 0.375. The van der Waals surface area contributed by atoms with Crippen LogP contribution in [-0.4, -0.2) is 29.7 Å². The molecule has 20 heavy (non-hydrogen) atoms. The molecule has 3 rings (SSSR count). The van der Waals surface area contributed by atoms with Gasteiger partial charge >= 0.3 is 0 Å². The quantitative estimate of drug-likeness (QED) is 0.905. The molecule has 1 fully saturated rings. The highest BCUT2D eigenvalue weighted by molar-refractivity contribution is 7.10. The van der Waals surface area contributed by atoms with E-state index in [1.807, 2.05) is 12.1 Å². The summed E-state index contributed by atoms with van der Waals surface area (Å²) in [5, 5.41) is 11.7. The number of nitrogens with two attached hydrogens (primary N) is 1. The van der Waals surface area contributed by atoms with E-state index in [2.05, 4.69) is 40.6 Å². The van der Waals surface area contributed by atoms with Gasteiger partial charge in [0.15, 0.2) is 0 Å². The third-order valence-electron chi connectivity index (χ3n) is 4.14. The summed E-state index contributed by atoms with van der Waals surface area (Å²) in [6, 6.07) is 14.5. The summed E-state index contributed by atoms with van der Waals surface area (Å²) in [4.78, 5) is 3.52. The zero-order valence-corrected chi connectivity index (χ0v) is 12.2. The predicted octanol–water partition coefficient (Wildman–Crippen LogP) is 2.03. The van der Waals surface area contributed by atoms with Gasteiger partial charge in [0.2, 0.25) is 0 Å². The van der Waals surface area contributed by atoms with Crippen molar-refractivity contribution in [1.82, 2.24) is 4.90 Å². The van der Waals surface area contributed by atoms with Crippen molar-refractivity contribution in [3.63, 3.8) is 0 Å². The van der Waals surface area contributed by atoms with Gasteiger partial charge in [-0.3, -0.25) is 4.90 Å². The number of nitrogens with zero attached hydrogens (tertiary/aromatic N) is 1. The van der Waals surface area contributed by atoms with Gasteiger partial charge in [-0.2, -0.15) is 0 Å². The molecule has 0 bridgehead atoms. The Balaban J connectivity index is 1.78. The van der Waals surface area contributed by atoms with Crippen LogP contribution in [0.15, 0.2) is 47.8 Å². The fourth-order valence-corrected chi connectivity index (χ4v) is 3.95. The zero-order valence-electron chi connectivity index (χ0n) is 11.4. The molecule has 3 N–H and O–H groups in total. The highest BCUT2D eigenvalue weighted by atomic mass is 32.1. The fourth-order valence-electron chi connectivity index (χ4n) is 3.04.